The molecular formula is C23H17ClN2O4S. The van der Waals surface area contributed by atoms with E-state index in [2.05, 4.69) is 107 Å². The van der Waals surface area contributed by atoms with Gasteiger partial charge in [0.05, 0.1) is 11.4 Å². The van der Waals surface area contributed by atoms with Gasteiger partial charge in [0, 0.05) is 39.7 Å². The van der Waals surface area contributed by atoms with Crippen LogP contribution in [0.15, 0.2) is 113 Å². The standard InChI is InChI=1S/C23H17N2S.ClHO4/c1-3-9-18(10-4-1)25-20-11-5-6-12-22(20)26-23-17-19(13-14-21(23)25)24-15-7-2-8-16-24;2-1(3,4)5/h1-17H;(H,2,3,4,5)/q+1;/p-1. The lowest BCUT2D eigenvalue weighted by Gasteiger charge is -2.32. The van der Waals surface area contributed by atoms with Gasteiger partial charge >= 0.3 is 0 Å². The van der Waals surface area contributed by atoms with Crippen LogP contribution in [0.5, 0.6) is 0 Å². The van der Waals surface area contributed by atoms with Gasteiger partial charge in [-0.05, 0) is 30.3 Å². The molecule has 156 valence electrons. The Morgan fingerprint density at radius 3 is 1.94 bits per heavy atom. The van der Waals surface area contributed by atoms with Crippen molar-refractivity contribution in [3.8, 4) is 5.69 Å². The van der Waals surface area contributed by atoms with Crippen LogP contribution in [0.1, 0.15) is 0 Å². The first-order valence-electron chi connectivity index (χ1n) is 9.25. The summed E-state index contributed by atoms with van der Waals surface area (Å²) in [5, 5.41) is 0. The molecule has 0 unspecified atom stereocenters. The third-order valence-corrected chi connectivity index (χ3v) is 5.65. The highest BCUT2D eigenvalue weighted by molar-refractivity contribution is 7.99. The van der Waals surface area contributed by atoms with Crippen LogP contribution in [0.4, 0.5) is 17.1 Å². The minimum Gasteiger partial charge on any atom is -0.308 e. The molecule has 3 aromatic carbocycles. The zero-order chi connectivity index (χ0) is 21.8. The Bertz CT molecular complexity index is 1170. The third kappa shape index (κ3) is 5.23. The number of benzene rings is 3. The summed E-state index contributed by atoms with van der Waals surface area (Å²) in [6, 6.07) is 32.0. The lowest BCUT2D eigenvalue weighted by atomic mass is 10.1. The summed E-state index contributed by atoms with van der Waals surface area (Å²) in [5.41, 5.74) is 4.81. The molecule has 0 N–H and O–H groups in total. The number of anilines is 3. The van der Waals surface area contributed by atoms with Crippen LogP contribution in [-0.2, 0) is 0 Å². The van der Waals surface area contributed by atoms with Gasteiger partial charge in [0.25, 0.3) is 0 Å². The molecule has 0 spiro atoms. The number of aromatic nitrogens is 1. The molecule has 0 saturated carbocycles. The molecule has 0 atom stereocenters. The molecular weight excluding hydrogens is 436 g/mol. The van der Waals surface area contributed by atoms with E-state index in [1.54, 1.807) is 0 Å². The van der Waals surface area contributed by atoms with Crippen LogP contribution in [0.2, 0.25) is 0 Å². The molecule has 31 heavy (non-hydrogen) atoms. The van der Waals surface area contributed by atoms with E-state index in [-0.39, 0.29) is 0 Å². The predicted molar refractivity (Wildman–Crippen MR) is 107 cm³/mol. The summed E-state index contributed by atoms with van der Waals surface area (Å²) in [4.78, 5) is 4.89. The summed E-state index contributed by atoms with van der Waals surface area (Å²) in [6.45, 7) is 0. The zero-order valence-electron chi connectivity index (χ0n) is 16.1. The molecule has 0 fully saturated rings. The first-order chi connectivity index (χ1) is 14.9. The summed E-state index contributed by atoms with van der Waals surface area (Å²) < 4.78 is 36.1. The summed E-state index contributed by atoms with van der Waals surface area (Å²) >= 11 is 1.83. The van der Waals surface area contributed by atoms with Crippen molar-refractivity contribution in [2.75, 3.05) is 4.90 Å². The van der Waals surface area contributed by atoms with Crippen molar-refractivity contribution in [1.29, 1.82) is 0 Å². The van der Waals surface area contributed by atoms with Gasteiger partial charge in [-0.15, -0.1) is 10.2 Å². The highest BCUT2D eigenvalue weighted by Gasteiger charge is 2.25. The number of pyridine rings is 1. The Labute approximate surface area is 186 Å². The Morgan fingerprint density at radius 1 is 0.645 bits per heavy atom. The Morgan fingerprint density at radius 2 is 1.23 bits per heavy atom. The van der Waals surface area contributed by atoms with Crippen molar-refractivity contribution in [2.24, 2.45) is 0 Å². The second-order valence-electron chi connectivity index (χ2n) is 6.55. The molecule has 1 aliphatic heterocycles. The van der Waals surface area contributed by atoms with Crippen LogP contribution in [0, 0.1) is 10.2 Å². The summed E-state index contributed by atoms with van der Waals surface area (Å²) in [6.07, 6.45) is 4.16. The van der Waals surface area contributed by atoms with Crippen LogP contribution in [0.3, 0.4) is 0 Å². The second-order valence-corrected chi connectivity index (χ2v) is 8.39. The van der Waals surface area contributed by atoms with E-state index in [1.807, 2.05) is 17.8 Å². The molecule has 6 nitrogen and oxygen atoms in total. The molecule has 1 aliphatic rings. The van der Waals surface area contributed by atoms with Crippen molar-refractivity contribution in [3.63, 3.8) is 0 Å². The van der Waals surface area contributed by atoms with Crippen molar-refractivity contribution in [3.05, 3.63) is 103 Å². The van der Waals surface area contributed by atoms with Crippen molar-refractivity contribution < 1.29 is 33.4 Å². The van der Waals surface area contributed by atoms with Gasteiger partial charge in [-0.1, -0.05) is 48.2 Å². The number of para-hydroxylation sites is 2. The molecule has 0 saturated heterocycles. The van der Waals surface area contributed by atoms with Gasteiger partial charge in [0.2, 0.25) is 5.69 Å². The number of hydrogen-bond donors (Lipinski definition) is 0. The highest BCUT2D eigenvalue weighted by Crippen LogP contribution is 2.51. The fourth-order valence-electron chi connectivity index (χ4n) is 3.33. The van der Waals surface area contributed by atoms with E-state index >= 15 is 0 Å². The smallest absolute Gasteiger partial charge is 0.211 e. The number of rotatable bonds is 2. The maximum atomic E-state index is 8.49. The zero-order valence-corrected chi connectivity index (χ0v) is 17.7. The topological polar surface area (TPSA) is 99.4 Å². The molecule has 4 aromatic rings. The van der Waals surface area contributed by atoms with E-state index in [4.69, 9.17) is 18.6 Å². The van der Waals surface area contributed by atoms with Crippen LogP contribution in [0.25, 0.3) is 5.69 Å². The van der Waals surface area contributed by atoms with Crippen molar-refractivity contribution in [1.82, 2.24) is 0 Å². The van der Waals surface area contributed by atoms with Crippen molar-refractivity contribution in [2.45, 2.75) is 9.79 Å². The second kappa shape index (κ2) is 9.07. The average Bonchev–Trinajstić information content (AvgIpc) is 2.77. The summed E-state index contributed by atoms with van der Waals surface area (Å²) in [5.74, 6) is 0. The largest absolute Gasteiger partial charge is 0.308 e. The molecule has 0 bridgehead atoms. The van der Waals surface area contributed by atoms with Crippen LogP contribution >= 0.6 is 11.8 Å². The molecule has 5 rings (SSSR count). The lowest BCUT2D eigenvalue weighted by Crippen LogP contribution is -2.68. The Hall–Kier alpha value is -2.91. The SMILES string of the molecule is [O-][Cl+3]([O-])([O-])[O-].c1ccc(N2c3ccccc3Sc3cc(-[n+]4ccccc4)ccc32)cc1. The fraction of sp³-hybridized carbons (Fsp3) is 0. The number of halogens is 1. The lowest BCUT2D eigenvalue weighted by molar-refractivity contribution is -2.00. The molecule has 1 aromatic heterocycles. The van der Waals surface area contributed by atoms with Gasteiger partial charge in [0.1, 0.15) is 0 Å². The monoisotopic (exact) mass is 452 g/mol. The molecule has 0 radical (unpaired) electrons. The third-order valence-electron chi connectivity index (χ3n) is 4.54. The highest BCUT2D eigenvalue weighted by atomic mass is 35.7. The van der Waals surface area contributed by atoms with Crippen molar-refractivity contribution >= 4 is 28.8 Å². The van der Waals surface area contributed by atoms with E-state index < -0.39 is 10.2 Å². The molecule has 2 heterocycles. The van der Waals surface area contributed by atoms with Crippen LogP contribution < -0.4 is 28.1 Å². The Kier molecular flexibility index (Phi) is 6.24. The van der Waals surface area contributed by atoms with Gasteiger partial charge in [-0.25, -0.2) is 18.6 Å². The number of hydrogen-bond acceptors (Lipinski definition) is 6. The maximum Gasteiger partial charge on any atom is 0.211 e. The minimum atomic E-state index is -4.94. The normalized spacial score (nSPS) is 12.3. The van der Waals surface area contributed by atoms with E-state index in [0.29, 0.717) is 0 Å². The fourth-order valence-corrected chi connectivity index (χ4v) is 4.42. The predicted octanol–water partition coefficient (Wildman–Crippen LogP) is 1.14. The first-order valence-corrected chi connectivity index (χ1v) is 11.3. The van der Waals surface area contributed by atoms with Gasteiger partial charge < -0.3 is 4.90 Å². The average molecular weight is 453 g/mol. The van der Waals surface area contributed by atoms with E-state index in [0.717, 1.165) is 0 Å². The Balaban J connectivity index is 0.000000418. The van der Waals surface area contributed by atoms with Gasteiger partial charge in [-0.2, -0.15) is 4.57 Å². The number of fused-ring (bicyclic) bond motifs is 2. The minimum absolute atomic E-state index is 1.17. The van der Waals surface area contributed by atoms with Crippen LogP contribution in [-0.4, -0.2) is 0 Å². The van der Waals surface area contributed by atoms with E-state index in [1.165, 1.54) is 32.5 Å². The molecule has 0 amide bonds. The number of nitrogens with zero attached hydrogens (tertiary/aromatic N) is 2. The molecule has 0 aliphatic carbocycles. The van der Waals surface area contributed by atoms with Gasteiger partial charge in [-0.3, -0.25) is 0 Å². The first kappa shape index (κ1) is 21.3. The van der Waals surface area contributed by atoms with Gasteiger partial charge in [0.15, 0.2) is 12.4 Å². The van der Waals surface area contributed by atoms with E-state index in [9.17, 15) is 0 Å². The maximum absolute atomic E-state index is 8.49. The quantitative estimate of drug-likeness (QED) is 0.372. The molecule has 8 heteroatoms. The summed E-state index contributed by atoms with van der Waals surface area (Å²) in [7, 11) is -4.94.